The predicted molar refractivity (Wildman–Crippen MR) is 146 cm³/mol. The molecule has 0 radical (unpaired) electrons. The SMILES string of the molecule is O=C(Nc1cc(=O)c2nc(-c3cc(Cl)c4ncccc4c3)c(-c3ccccc3)nc2[nH]1)NC1CCCC1. The monoisotopic (exact) mass is 510 g/mol. The fraction of sp³-hybridized carbons (Fsp3) is 0.179. The third-order valence-electron chi connectivity index (χ3n) is 6.58. The maximum Gasteiger partial charge on any atom is 0.320 e. The summed E-state index contributed by atoms with van der Waals surface area (Å²) in [4.78, 5) is 42.6. The number of aromatic nitrogens is 4. The first-order valence-corrected chi connectivity index (χ1v) is 12.6. The lowest BCUT2D eigenvalue weighted by Crippen LogP contribution is -2.36. The minimum Gasteiger partial charge on any atom is -0.335 e. The first-order chi connectivity index (χ1) is 18.0. The van der Waals surface area contributed by atoms with Gasteiger partial charge in [-0.2, -0.15) is 0 Å². The third-order valence-corrected chi connectivity index (χ3v) is 6.86. The lowest BCUT2D eigenvalue weighted by atomic mass is 10.0. The number of hydrogen-bond acceptors (Lipinski definition) is 5. The van der Waals surface area contributed by atoms with Gasteiger partial charge >= 0.3 is 6.03 Å². The van der Waals surface area contributed by atoms with Crippen LogP contribution in [-0.2, 0) is 0 Å². The van der Waals surface area contributed by atoms with E-state index in [-0.39, 0.29) is 34.5 Å². The van der Waals surface area contributed by atoms with Gasteiger partial charge in [0, 0.05) is 34.8 Å². The number of rotatable bonds is 4. The average Bonchev–Trinajstić information content (AvgIpc) is 3.41. The first-order valence-electron chi connectivity index (χ1n) is 12.2. The molecule has 3 heterocycles. The summed E-state index contributed by atoms with van der Waals surface area (Å²) in [5, 5.41) is 7.03. The van der Waals surface area contributed by atoms with Crippen LogP contribution in [0.25, 0.3) is 44.6 Å². The Morgan fingerprint density at radius 2 is 1.70 bits per heavy atom. The van der Waals surface area contributed by atoms with E-state index in [2.05, 4.69) is 20.6 Å². The number of amides is 2. The van der Waals surface area contributed by atoms with Gasteiger partial charge in [0.05, 0.1) is 21.9 Å². The second kappa shape index (κ2) is 9.63. The minimum absolute atomic E-state index is 0.156. The molecule has 0 atom stereocenters. The summed E-state index contributed by atoms with van der Waals surface area (Å²) in [5.41, 5.74) is 3.42. The molecule has 3 aromatic heterocycles. The molecule has 9 heteroatoms. The highest BCUT2D eigenvalue weighted by Crippen LogP contribution is 2.34. The van der Waals surface area contributed by atoms with Crippen LogP contribution in [0.2, 0.25) is 5.02 Å². The van der Waals surface area contributed by atoms with Crippen LogP contribution in [0.5, 0.6) is 0 Å². The van der Waals surface area contributed by atoms with Gasteiger partial charge in [-0.3, -0.25) is 15.1 Å². The van der Waals surface area contributed by atoms with Crippen LogP contribution >= 0.6 is 11.6 Å². The number of aromatic amines is 1. The summed E-state index contributed by atoms with van der Waals surface area (Å²) >= 11 is 6.57. The molecule has 0 saturated heterocycles. The smallest absolute Gasteiger partial charge is 0.320 e. The van der Waals surface area contributed by atoms with Crippen LogP contribution in [0.1, 0.15) is 25.7 Å². The van der Waals surface area contributed by atoms with E-state index < -0.39 is 0 Å². The standard InChI is InChI=1S/C28H23ClN6O2/c29-20-14-18(13-17-9-6-12-30-23(17)20)25-24(16-7-2-1-3-8-16)35-27-26(34-25)21(36)15-22(32-27)33-28(37)31-19-10-4-5-11-19/h1-3,6-9,12-15,19H,4-5,10-11H2,(H3,31,32,33,35,36,37). The van der Waals surface area contributed by atoms with Gasteiger partial charge in [-0.05, 0) is 31.0 Å². The van der Waals surface area contributed by atoms with E-state index in [4.69, 9.17) is 21.6 Å². The Hall–Kier alpha value is -4.30. The summed E-state index contributed by atoms with van der Waals surface area (Å²) < 4.78 is 0. The zero-order valence-corrected chi connectivity index (χ0v) is 20.5. The molecule has 184 valence electrons. The minimum atomic E-state index is -0.355. The number of anilines is 1. The number of urea groups is 1. The number of nitrogens with zero attached hydrogens (tertiary/aromatic N) is 3. The molecule has 2 aromatic carbocycles. The van der Waals surface area contributed by atoms with Crippen molar-refractivity contribution in [1.29, 1.82) is 0 Å². The maximum atomic E-state index is 13.1. The number of hydrogen-bond donors (Lipinski definition) is 3. The molecule has 37 heavy (non-hydrogen) atoms. The summed E-state index contributed by atoms with van der Waals surface area (Å²) in [6.07, 6.45) is 5.84. The highest BCUT2D eigenvalue weighted by Gasteiger charge is 2.19. The Kier molecular flexibility index (Phi) is 6.02. The number of H-pyrrole nitrogens is 1. The van der Waals surface area contributed by atoms with Crippen molar-refractivity contribution in [1.82, 2.24) is 25.3 Å². The number of carbonyl (C=O) groups excluding carboxylic acids is 1. The second-order valence-electron chi connectivity index (χ2n) is 9.14. The largest absolute Gasteiger partial charge is 0.335 e. The van der Waals surface area contributed by atoms with Crippen LogP contribution in [0.3, 0.4) is 0 Å². The van der Waals surface area contributed by atoms with Crippen molar-refractivity contribution in [2.75, 3.05) is 5.32 Å². The molecule has 1 aliphatic rings. The van der Waals surface area contributed by atoms with E-state index in [0.29, 0.717) is 21.9 Å². The van der Waals surface area contributed by atoms with Gasteiger partial charge in [0.15, 0.2) is 11.2 Å². The molecule has 6 rings (SSSR count). The zero-order valence-electron chi connectivity index (χ0n) is 19.8. The first kappa shape index (κ1) is 23.1. The Balaban J connectivity index is 1.47. The molecule has 0 unspecified atom stereocenters. The number of benzene rings is 2. The van der Waals surface area contributed by atoms with E-state index in [1.807, 2.05) is 48.5 Å². The lowest BCUT2D eigenvalue weighted by molar-refractivity contribution is 0.248. The van der Waals surface area contributed by atoms with Crippen molar-refractivity contribution in [3.8, 4) is 22.5 Å². The number of carbonyl (C=O) groups is 1. The van der Waals surface area contributed by atoms with E-state index in [9.17, 15) is 9.59 Å². The van der Waals surface area contributed by atoms with Crippen molar-refractivity contribution in [2.24, 2.45) is 0 Å². The van der Waals surface area contributed by atoms with Crippen LogP contribution in [-0.4, -0.2) is 32.0 Å². The highest BCUT2D eigenvalue weighted by atomic mass is 35.5. The topological polar surface area (TPSA) is 113 Å². The van der Waals surface area contributed by atoms with Crippen molar-refractivity contribution in [3.63, 3.8) is 0 Å². The molecule has 1 fully saturated rings. The quantitative estimate of drug-likeness (QED) is 0.278. The van der Waals surface area contributed by atoms with Crippen molar-refractivity contribution in [3.05, 3.63) is 82.1 Å². The molecular formula is C28H23ClN6O2. The molecule has 0 aliphatic heterocycles. The number of halogens is 1. The van der Waals surface area contributed by atoms with E-state index in [1.54, 1.807) is 12.3 Å². The maximum absolute atomic E-state index is 13.1. The number of nitrogens with one attached hydrogen (secondary N) is 3. The molecule has 5 aromatic rings. The molecule has 3 N–H and O–H groups in total. The predicted octanol–water partition coefficient (Wildman–Crippen LogP) is 5.92. The Labute approximate surface area is 217 Å². The highest BCUT2D eigenvalue weighted by molar-refractivity contribution is 6.35. The summed E-state index contributed by atoms with van der Waals surface area (Å²) in [5.74, 6) is 0.258. The van der Waals surface area contributed by atoms with Gasteiger partial charge in [0.1, 0.15) is 5.82 Å². The Morgan fingerprint density at radius 1 is 0.919 bits per heavy atom. The fourth-order valence-corrected chi connectivity index (χ4v) is 5.10. The van der Waals surface area contributed by atoms with Crippen molar-refractivity contribution in [2.45, 2.75) is 31.7 Å². The molecule has 1 aliphatic carbocycles. The molecule has 2 amide bonds. The van der Waals surface area contributed by atoms with Gasteiger partial charge in [-0.1, -0.05) is 60.8 Å². The Morgan fingerprint density at radius 3 is 2.51 bits per heavy atom. The molecule has 1 saturated carbocycles. The van der Waals surface area contributed by atoms with E-state index >= 15 is 0 Å². The fourth-order valence-electron chi connectivity index (χ4n) is 4.82. The van der Waals surface area contributed by atoms with Gasteiger partial charge in [-0.25, -0.2) is 14.8 Å². The van der Waals surface area contributed by atoms with E-state index in [0.717, 1.165) is 42.2 Å². The average molecular weight is 511 g/mol. The summed E-state index contributed by atoms with van der Waals surface area (Å²) in [6.45, 7) is 0. The van der Waals surface area contributed by atoms with E-state index in [1.165, 1.54) is 6.07 Å². The third kappa shape index (κ3) is 4.63. The molecule has 0 bridgehead atoms. The van der Waals surface area contributed by atoms with Crippen molar-refractivity contribution >= 4 is 45.5 Å². The molecule has 8 nitrogen and oxygen atoms in total. The zero-order chi connectivity index (χ0) is 25.4. The van der Waals surface area contributed by atoms with Gasteiger partial charge in [0.25, 0.3) is 0 Å². The molecular weight excluding hydrogens is 488 g/mol. The van der Waals surface area contributed by atoms with Gasteiger partial charge in [-0.15, -0.1) is 0 Å². The van der Waals surface area contributed by atoms with Crippen LogP contribution < -0.4 is 16.1 Å². The normalized spacial score (nSPS) is 13.8. The summed E-state index contributed by atoms with van der Waals surface area (Å²) in [6, 6.07) is 18.2. The van der Waals surface area contributed by atoms with Gasteiger partial charge in [0.2, 0.25) is 5.43 Å². The van der Waals surface area contributed by atoms with Crippen molar-refractivity contribution < 1.29 is 4.79 Å². The Bertz CT molecular complexity index is 1700. The second-order valence-corrected chi connectivity index (χ2v) is 9.55. The van der Waals surface area contributed by atoms with Gasteiger partial charge < -0.3 is 10.3 Å². The number of fused-ring (bicyclic) bond motifs is 2. The van der Waals surface area contributed by atoms with Crippen LogP contribution in [0, 0.1) is 0 Å². The van der Waals surface area contributed by atoms with Crippen LogP contribution in [0.15, 0.2) is 71.7 Å². The lowest BCUT2D eigenvalue weighted by Gasteiger charge is -2.14. The number of pyridine rings is 2. The van der Waals surface area contributed by atoms with Crippen LogP contribution in [0.4, 0.5) is 10.6 Å². The molecule has 0 spiro atoms. The summed E-state index contributed by atoms with van der Waals surface area (Å²) in [7, 11) is 0.